The molecule has 0 radical (unpaired) electrons. The first-order valence-corrected chi connectivity index (χ1v) is 6.66. The molecule has 0 aliphatic carbocycles. The van der Waals surface area contributed by atoms with Gasteiger partial charge in [0.2, 0.25) is 5.91 Å². The lowest BCUT2D eigenvalue weighted by Crippen LogP contribution is -2.34. The molecule has 0 aromatic rings. The summed E-state index contributed by atoms with van der Waals surface area (Å²) in [6.45, 7) is 8.67. The molecular formula is C14H23N3O2. The molecule has 0 aromatic heterocycles. The third kappa shape index (κ3) is 5.75. The standard InChI is InChI=1S/C14H23N3O2/c1-5-6-14(10(2)3)17-19-9-13-7-12(8-15-13)16-11(4)18/h10,12-13,15H,7-9H2,1-4H3,(H,16,18)/b17-14+/t12-,13+/m1/s1. The number of amides is 1. The Morgan fingerprint density at radius 1 is 1.58 bits per heavy atom. The van der Waals surface area contributed by atoms with Gasteiger partial charge in [-0.25, -0.2) is 0 Å². The van der Waals surface area contributed by atoms with Crippen LogP contribution in [0.15, 0.2) is 5.16 Å². The second kappa shape index (κ2) is 7.80. The summed E-state index contributed by atoms with van der Waals surface area (Å²) in [7, 11) is 0. The van der Waals surface area contributed by atoms with E-state index in [9.17, 15) is 4.79 Å². The predicted molar refractivity (Wildman–Crippen MR) is 75.7 cm³/mol. The number of hydrogen-bond acceptors (Lipinski definition) is 4. The highest BCUT2D eigenvalue weighted by Gasteiger charge is 2.24. The number of hydrogen-bond donors (Lipinski definition) is 2. The molecule has 0 bridgehead atoms. The van der Waals surface area contributed by atoms with E-state index in [0.717, 1.165) is 18.7 Å². The van der Waals surface area contributed by atoms with E-state index >= 15 is 0 Å². The molecule has 0 spiro atoms. The lowest BCUT2D eigenvalue weighted by atomic mass is 10.1. The van der Waals surface area contributed by atoms with E-state index in [1.165, 1.54) is 6.92 Å². The quantitative estimate of drug-likeness (QED) is 0.441. The van der Waals surface area contributed by atoms with E-state index in [2.05, 4.69) is 27.6 Å². The van der Waals surface area contributed by atoms with Crippen molar-refractivity contribution in [3.05, 3.63) is 0 Å². The van der Waals surface area contributed by atoms with Crippen LogP contribution in [-0.2, 0) is 9.63 Å². The van der Waals surface area contributed by atoms with Gasteiger partial charge in [0.1, 0.15) is 12.3 Å². The number of rotatable bonds is 5. The third-order valence-corrected chi connectivity index (χ3v) is 2.87. The minimum absolute atomic E-state index is 0.00621. The van der Waals surface area contributed by atoms with Crippen molar-refractivity contribution in [2.75, 3.05) is 13.2 Å². The van der Waals surface area contributed by atoms with E-state index in [0.29, 0.717) is 6.61 Å². The average molecular weight is 265 g/mol. The third-order valence-electron chi connectivity index (χ3n) is 2.87. The largest absolute Gasteiger partial charge is 0.393 e. The molecule has 106 valence electrons. The fourth-order valence-electron chi connectivity index (χ4n) is 1.94. The van der Waals surface area contributed by atoms with Gasteiger partial charge in [-0.1, -0.05) is 24.9 Å². The molecule has 1 aliphatic rings. The summed E-state index contributed by atoms with van der Waals surface area (Å²) in [5.74, 6) is 6.04. The van der Waals surface area contributed by atoms with Gasteiger partial charge in [0.15, 0.2) is 0 Å². The van der Waals surface area contributed by atoms with Gasteiger partial charge >= 0.3 is 0 Å². The van der Waals surface area contributed by atoms with Crippen molar-refractivity contribution in [2.45, 2.75) is 46.2 Å². The number of nitrogens with zero attached hydrogens (tertiary/aromatic N) is 1. The van der Waals surface area contributed by atoms with Gasteiger partial charge in [-0.15, -0.1) is 0 Å². The molecule has 0 unspecified atom stereocenters. The van der Waals surface area contributed by atoms with Crippen LogP contribution < -0.4 is 10.6 Å². The smallest absolute Gasteiger partial charge is 0.217 e. The Hall–Kier alpha value is -1.54. The SMILES string of the molecule is CC#C/C(=N\OC[C@@H]1C[C@@H](NC(C)=O)CN1)C(C)C. The number of carbonyl (C=O) groups is 1. The monoisotopic (exact) mass is 265 g/mol. The van der Waals surface area contributed by atoms with Gasteiger partial charge in [-0.3, -0.25) is 4.79 Å². The summed E-state index contributed by atoms with van der Waals surface area (Å²) >= 11 is 0. The van der Waals surface area contributed by atoms with Gasteiger partial charge in [0.25, 0.3) is 0 Å². The van der Waals surface area contributed by atoms with Crippen molar-refractivity contribution in [2.24, 2.45) is 11.1 Å². The molecule has 2 N–H and O–H groups in total. The molecule has 1 amide bonds. The first kappa shape index (κ1) is 15.5. The van der Waals surface area contributed by atoms with Crippen LogP contribution in [0.5, 0.6) is 0 Å². The molecule has 0 saturated carbocycles. The Bertz CT molecular complexity index is 393. The number of oxime groups is 1. The molecule has 0 aromatic carbocycles. The van der Waals surface area contributed by atoms with Crippen molar-refractivity contribution in [1.82, 2.24) is 10.6 Å². The molecule has 1 rings (SSSR count). The molecule has 1 aliphatic heterocycles. The predicted octanol–water partition coefficient (Wildman–Crippen LogP) is 0.905. The minimum atomic E-state index is 0.00621. The van der Waals surface area contributed by atoms with Crippen molar-refractivity contribution < 1.29 is 9.63 Å². The summed E-state index contributed by atoms with van der Waals surface area (Å²) in [6, 6.07) is 0.415. The second-order valence-corrected chi connectivity index (χ2v) is 5.04. The van der Waals surface area contributed by atoms with Crippen LogP contribution in [0.2, 0.25) is 0 Å². The highest BCUT2D eigenvalue weighted by atomic mass is 16.6. The van der Waals surface area contributed by atoms with Crippen LogP contribution in [0.1, 0.15) is 34.1 Å². The van der Waals surface area contributed by atoms with Gasteiger partial charge in [0.05, 0.1) is 0 Å². The zero-order chi connectivity index (χ0) is 14.3. The first-order chi connectivity index (χ1) is 9.02. The molecule has 1 saturated heterocycles. The molecular weight excluding hydrogens is 242 g/mol. The highest BCUT2D eigenvalue weighted by Crippen LogP contribution is 2.07. The average Bonchev–Trinajstić information content (AvgIpc) is 2.74. The second-order valence-electron chi connectivity index (χ2n) is 5.04. The van der Waals surface area contributed by atoms with Gasteiger partial charge in [-0.2, -0.15) is 0 Å². The molecule has 1 heterocycles. The highest BCUT2D eigenvalue weighted by molar-refractivity contribution is 6.01. The van der Waals surface area contributed by atoms with Crippen LogP contribution in [0.3, 0.4) is 0 Å². The maximum Gasteiger partial charge on any atom is 0.217 e. The van der Waals surface area contributed by atoms with E-state index in [1.54, 1.807) is 6.92 Å². The lowest BCUT2D eigenvalue weighted by molar-refractivity contribution is -0.119. The topological polar surface area (TPSA) is 62.7 Å². The first-order valence-electron chi connectivity index (χ1n) is 6.66. The summed E-state index contributed by atoms with van der Waals surface area (Å²) in [4.78, 5) is 16.3. The van der Waals surface area contributed by atoms with Crippen molar-refractivity contribution in [3.63, 3.8) is 0 Å². The maximum absolute atomic E-state index is 10.9. The molecule has 5 heteroatoms. The Morgan fingerprint density at radius 2 is 2.32 bits per heavy atom. The summed E-state index contributed by atoms with van der Waals surface area (Å²) in [5, 5.41) is 10.3. The number of carbonyl (C=O) groups excluding carboxylic acids is 1. The van der Waals surface area contributed by atoms with Crippen LogP contribution in [0.25, 0.3) is 0 Å². The van der Waals surface area contributed by atoms with Crippen LogP contribution >= 0.6 is 0 Å². The molecule has 19 heavy (non-hydrogen) atoms. The Balaban J connectivity index is 2.35. The van der Waals surface area contributed by atoms with E-state index in [4.69, 9.17) is 4.84 Å². The Morgan fingerprint density at radius 3 is 2.89 bits per heavy atom. The summed E-state index contributed by atoms with van der Waals surface area (Å²) in [6.07, 6.45) is 0.867. The van der Waals surface area contributed by atoms with Crippen molar-refractivity contribution >= 4 is 11.6 Å². The molecule has 5 nitrogen and oxygen atoms in total. The van der Waals surface area contributed by atoms with Crippen LogP contribution in [0.4, 0.5) is 0 Å². The van der Waals surface area contributed by atoms with Crippen molar-refractivity contribution in [3.8, 4) is 11.8 Å². The molecule has 1 fully saturated rings. The lowest BCUT2D eigenvalue weighted by Gasteiger charge is -2.10. The minimum Gasteiger partial charge on any atom is -0.393 e. The fourth-order valence-corrected chi connectivity index (χ4v) is 1.94. The van der Waals surface area contributed by atoms with E-state index < -0.39 is 0 Å². The maximum atomic E-state index is 10.9. The van der Waals surface area contributed by atoms with E-state index in [-0.39, 0.29) is 23.9 Å². The number of nitrogens with one attached hydrogen (secondary N) is 2. The van der Waals surface area contributed by atoms with Gasteiger partial charge in [-0.05, 0) is 19.3 Å². The zero-order valence-corrected chi connectivity index (χ0v) is 12.1. The molecule has 2 atom stereocenters. The Labute approximate surface area is 115 Å². The Kier molecular flexibility index (Phi) is 6.37. The van der Waals surface area contributed by atoms with Gasteiger partial charge < -0.3 is 15.5 Å². The van der Waals surface area contributed by atoms with Crippen LogP contribution in [0, 0.1) is 17.8 Å². The summed E-state index contributed by atoms with van der Waals surface area (Å²) < 4.78 is 0. The normalized spacial score (nSPS) is 22.9. The van der Waals surface area contributed by atoms with Crippen molar-refractivity contribution in [1.29, 1.82) is 0 Å². The zero-order valence-electron chi connectivity index (χ0n) is 12.1. The van der Waals surface area contributed by atoms with Crippen LogP contribution in [-0.4, -0.2) is 36.9 Å². The van der Waals surface area contributed by atoms with Gasteiger partial charge in [0, 0.05) is 31.5 Å². The fraction of sp³-hybridized carbons (Fsp3) is 0.714. The summed E-state index contributed by atoms with van der Waals surface area (Å²) in [5.41, 5.74) is 0.763. The van der Waals surface area contributed by atoms with E-state index in [1.807, 2.05) is 13.8 Å².